The fourth-order valence-electron chi connectivity index (χ4n) is 2.75. The highest BCUT2D eigenvalue weighted by atomic mass is 32.1. The summed E-state index contributed by atoms with van der Waals surface area (Å²) in [5.41, 5.74) is 2.82. The number of carbonyl (C=O) groups is 2. The van der Waals surface area contributed by atoms with Crippen molar-refractivity contribution in [3.8, 4) is 5.75 Å². The molecular formula is C20H24N2O3S. The van der Waals surface area contributed by atoms with Gasteiger partial charge in [-0.25, -0.2) is 0 Å². The molecule has 1 N–H and O–H groups in total. The maximum atomic E-state index is 12.7. The Balaban J connectivity index is 2.51. The minimum Gasteiger partial charge on any atom is -0.494 e. The summed E-state index contributed by atoms with van der Waals surface area (Å²) in [5, 5.41) is 2.66. The highest BCUT2D eigenvalue weighted by Crippen LogP contribution is 2.31. The number of nitrogens with one attached hydrogen (secondary N) is 1. The van der Waals surface area contributed by atoms with E-state index in [2.05, 4.69) is 25.7 Å². The molecule has 2 amide bonds. The minimum absolute atomic E-state index is 0.0578. The van der Waals surface area contributed by atoms with Gasteiger partial charge in [0.2, 0.25) is 0 Å². The SMILES string of the molecule is C=CCN1C(=O)C(=Cc2cc(C(C)C)c(OCC)cc2C)C(=O)NC1=S. The fraction of sp³-hybridized carbons (Fsp3) is 0.350. The van der Waals surface area contributed by atoms with E-state index in [1.54, 1.807) is 12.2 Å². The quantitative estimate of drug-likeness (QED) is 0.360. The van der Waals surface area contributed by atoms with Gasteiger partial charge in [-0.2, -0.15) is 0 Å². The Morgan fingerprint density at radius 2 is 2.04 bits per heavy atom. The molecule has 2 rings (SSSR count). The number of ether oxygens (including phenoxy) is 1. The van der Waals surface area contributed by atoms with Crippen molar-refractivity contribution in [2.75, 3.05) is 13.2 Å². The Morgan fingerprint density at radius 3 is 2.62 bits per heavy atom. The molecule has 1 fully saturated rings. The standard InChI is InChI=1S/C20H24N2O3S/c1-6-8-22-19(24)16(18(23)21-20(22)26)11-14-10-15(12(3)4)17(25-7-2)9-13(14)5/h6,9-12H,1,7-8H2,2-5H3,(H,21,23,26). The molecule has 0 atom stereocenters. The van der Waals surface area contributed by atoms with Gasteiger partial charge in [-0.1, -0.05) is 19.9 Å². The summed E-state index contributed by atoms with van der Waals surface area (Å²) >= 11 is 5.07. The van der Waals surface area contributed by atoms with Crippen LogP contribution in [0.15, 0.2) is 30.4 Å². The maximum Gasteiger partial charge on any atom is 0.265 e. The zero-order valence-electron chi connectivity index (χ0n) is 15.6. The maximum absolute atomic E-state index is 12.7. The van der Waals surface area contributed by atoms with Gasteiger partial charge in [0.15, 0.2) is 5.11 Å². The van der Waals surface area contributed by atoms with Crippen LogP contribution in [0.3, 0.4) is 0 Å². The summed E-state index contributed by atoms with van der Waals surface area (Å²) in [5.74, 6) is 0.170. The predicted molar refractivity (Wildman–Crippen MR) is 107 cm³/mol. The highest BCUT2D eigenvalue weighted by Gasteiger charge is 2.32. The zero-order valence-corrected chi connectivity index (χ0v) is 16.4. The second-order valence-corrected chi connectivity index (χ2v) is 6.74. The summed E-state index contributed by atoms with van der Waals surface area (Å²) < 4.78 is 5.73. The van der Waals surface area contributed by atoms with Crippen LogP contribution >= 0.6 is 12.2 Å². The summed E-state index contributed by atoms with van der Waals surface area (Å²) in [4.78, 5) is 26.3. The summed E-state index contributed by atoms with van der Waals surface area (Å²) in [7, 11) is 0. The first-order valence-corrected chi connectivity index (χ1v) is 8.98. The fourth-order valence-corrected chi connectivity index (χ4v) is 3.00. The molecule has 6 heteroatoms. The number of thiocarbonyl (C=S) groups is 1. The molecule has 0 spiro atoms. The largest absolute Gasteiger partial charge is 0.494 e. The Labute approximate surface area is 159 Å². The third-order valence-corrected chi connectivity index (χ3v) is 4.44. The lowest BCUT2D eigenvalue weighted by Gasteiger charge is -2.28. The lowest BCUT2D eigenvalue weighted by atomic mass is 9.95. The molecule has 26 heavy (non-hydrogen) atoms. The van der Waals surface area contributed by atoms with Crippen molar-refractivity contribution >= 4 is 35.2 Å². The van der Waals surface area contributed by atoms with E-state index < -0.39 is 11.8 Å². The van der Waals surface area contributed by atoms with Crippen LogP contribution in [0.2, 0.25) is 0 Å². The van der Waals surface area contributed by atoms with Gasteiger partial charge in [0.25, 0.3) is 11.8 Å². The van der Waals surface area contributed by atoms with E-state index in [-0.39, 0.29) is 23.1 Å². The second kappa shape index (κ2) is 8.27. The van der Waals surface area contributed by atoms with Gasteiger partial charge in [-0.05, 0) is 66.9 Å². The van der Waals surface area contributed by atoms with Crippen molar-refractivity contribution < 1.29 is 14.3 Å². The number of carbonyl (C=O) groups excluding carboxylic acids is 2. The minimum atomic E-state index is -0.486. The van der Waals surface area contributed by atoms with E-state index in [0.717, 1.165) is 22.4 Å². The Hall–Kier alpha value is -2.47. The van der Waals surface area contributed by atoms with E-state index in [1.807, 2.05) is 26.0 Å². The number of rotatable bonds is 6. The molecule has 1 aliphatic rings. The van der Waals surface area contributed by atoms with Gasteiger partial charge in [0, 0.05) is 6.54 Å². The van der Waals surface area contributed by atoms with Gasteiger partial charge >= 0.3 is 0 Å². The van der Waals surface area contributed by atoms with E-state index >= 15 is 0 Å². The van der Waals surface area contributed by atoms with Crippen LogP contribution in [0.1, 0.15) is 43.4 Å². The molecular weight excluding hydrogens is 348 g/mol. The average molecular weight is 372 g/mol. The predicted octanol–water partition coefficient (Wildman–Crippen LogP) is 3.33. The monoisotopic (exact) mass is 372 g/mol. The second-order valence-electron chi connectivity index (χ2n) is 6.36. The third kappa shape index (κ3) is 4.02. The number of aryl methyl sites for hydroxylation is 1. The molecule has 0 saturated carbocycles. The Kier molecular flexibility index (Phi) is 6.32. The number of hydrogen-bond donors (Lipinski definition) is 1. The Morgan fingerprint density at radius 1 is 1.35 bits per heavy atom. The van der Waals surface area contributed by atoms with Crippen molar-refractivity contribution in [3.63, 3.8) is 0 Å². The molecule has 138 valence electrons. The van der Waals surface area contributed by atoms with Gasteiger partial charge in [0.1, 0.15) is 11.3 Å². The Bertz CT molecular complexity index is 796. The first kappa shape index (κ1) is 19.8. The molecule has 1 aromatic carbocycles. The molecule has 1 saturated heterocycles. The molecule has 5 nitrogen and oxygen atoms in total. The highest BCUT2D eigenvalue weighted by molar-refractivity contribution is 7.80. The third-order valence-electron chi connectivity index (χ3n) is 4.12. The molecule has 0 aliphatic carbocycles. The number of hydrogen-bond acceptors (Lipinski definition) is 4. The van der Waals surface area contributed by atoms with Crippen molar-refractivity contribution in [3.05, 3.63) is 47.1 Å². The molecule has 0 aromatic heterocycles. The van der Waals surface area contributed by atoms with Gasteiger partial charge < -0.3 is 4.74 Å². The normalized spacial score (nSPS) is 16.3. The lowest BCUT2D eigenvalue weighted by molar-refractivity contribution is -0.128. The topological polar surface area (TPSA) is 58.6 Å². The van der Waals surface area contributed by atoms with Crippen LogP contribution in [0.25, 0.3) is 6.08 Å². The van der Waals surface area contributed by atoms with Crippen molar-refractivity contribution in [1.82, 2.24) is 10.2 Å². The molecule has 1 heterocycles. The first-order chi connectivity index (χ1) is 12.3. The summed E-state index contributed by atoms with van der Waals surface area (Å²) in [6.07, 6.45) is 3.19. The van der Waals surface area contributed by atoms with Crippen molar-refractivity contribution in [1.29, 1.82) is 0 Å². The molecule has 0 bridgehead atoms. The smallest absolute Gasteiger partial charge is 0.265 e. The molecule has 0 unspecified atom stereocenters. The summed E-state index contributed by atoms with van der Waals surface area (Å²) in [6, 6.07) is 3.92. The van der Waals surface area contributed by atoms with E-state index in [4.69, 9.17) is 17.0 Å². The van der Waals surface area contributed by atoms with E-state index in [9.17, 15) is 9.59 Å². The zero-order chi connectivity index (χ0) is 19.4. The van der Waals surface area contributed by atoms with Gasteiger partial charge in [-0.15, -0.1) is 6.58 Å². The van der Waals surface area contributed by atoms with Gasteiger partial charge in [-0.3, -0.25) is 19.8 Å². The number of benzene rings is 1. The molecule has 1 aliphatic heterocycles. The first-order valence-electron chi connectivity index (χ1n) is 8.57. The van der Waals surface area contributed by atoms with Crippen LogP contribution < -0.4 is 10.1 Å². The van der Waals surface area contributed by atoms with E-state index in [0.29, 0.717) is 6.61 Å². The number of amides is 2. The van der Waals surface area contributed by atoms with Crippen LogP contribution in [0.4, 0.5) is 0 Å². The van der Waals surface area contributed by atoms with Crippen LogP contribution in [-0.4, -0.2) is 35.0 Å². The van der Waals surface area contributed by atoms with Gasteiger partial charge in [0.05, 0.1) is 6.61 Å². The van der Waals surface area contributed by atoms with Crippen molar-refractivity contribution in [2.24, 2.45) is 0 Å². The van der Waals surface area contributed by atoms with Crippen LogP contribution in [0, 0.1) is 6.92 Å². The number of nitrogens with zero attached hydrogens (tertiary/aromatic N) is 1. The molecule has 1 aromatic rings. The molecule has 0 radical (unpaired) electrons. The van der Waals surface area contributed by atoms with Crippen LogP contribution in [0.5, 0.6) is 5.75 Å². The lowest BCUT2D eigenvalue weighted by Crippen LogP contribution is -2.53. The van der Waals surface area contributed by atoms with Crippen LogP contribution in [-0.2, 0) is 9.59 Å². The average Bonchev–Trinajstić information content (AvgIpc) is 2.57. The van der Waals surface area contributed by atoms with Crippen molar-refractivity contribution in [2.45, 2.75) is 33.6 Å². The van der Waals surface area contributed by atoms with E-state index in [1.165, 1.54) is 4.90 Å². The summed E-state index contributed by atoms with van der Waals surface area (Å²) in [6.45, 7) is 12.5.